The predicted molar refractivity (Wildman–Crippen MR) is 75.5 cm³/mol. The summed E-state index contributed by atoms with van der Waals surface area (Å²) in [6, 6.07) is 7.48. The molecule has 3 rings (SSSR count). The fraction of sp³-hybridized carbons (Fsp3) is 0. The van der Waals surface area contributed by atoms with Crippen molar-refractivity contribution in [3.05, 3.63) is 64.9 Å². The highest BCUT2D eigenvalue weighted by molar-refractivity contribution is 6.31. The van der Waals surface area contributed by atoms with Crippen molar-refractivity contribution in [1.29, 1.82) is 0 Å². The Bertz CT molecular complexity index is 825. The minimum atomic E-state index is -0.615. The molecule has 3 aromatic rings. The third-order valence-corrected chi connectivity index (χ3v) is 3.10. The highest BCUT2D eigenvalue weighted by Crippen LogP contribution is 2.24. The third-order valence-electron chi connectivity index (χ3n) is 2.88. The van der Waals surface area contributed by atoms with Gasteiger partial charge in [-0.1, -0.05) is 11.6 Å². The summed E-state index contributed by atoms with van der Waals surface area (Å²) in [5, 5.41) is 3.07. The summed E-state index contributed by atoms with van der Waals surface area (Å²) in [4.78, 5) is 12.2. The molecule has 0 radical (unpaired) electrons. The van der Waals surface area contributed by atoms with Crippen LogP contribution in [0.25, 0.3) is 11.0 Å². The van der Waals surface area contributed by atoms with Gasteiger partial charge in [0, 0.05) is 16.1 Å². The van der Waals surface area contributed by atoms with Crippen LogP contribution in [0.1, 0.15) is 10.4 Å². The van der Waals surface area contributed by atoms with Gasteiger partial charge in [-0.05, 0) is 36.4 Å². The van der Waals surface area contributed by atoms with Crippen LogP contribution in [0.2, 0.25) is 5.02 Å². The second-order valence-corrected chi connectivity index (χ2v) is 4.84. The van der Waals surface area contributed by atoms with Gasteiger partial charge in [0.15, 0.2) is 0 Å². The second-order valence-electron chi connectivity index (χ2n) is 4.40. The van der Waals surface area contributed by atoms with E-state index in [9.17, 15) is 13.6 Å². The minimum Gasteiger partial charge on any atom is -0.464 e. The van der Waals surface area contributed by atoms with Gasteiger partial charge in [-0.25, -0.2) is 8.78 Å². The average molecular weight is 308 g/mol. The van der Waals surface area contributed by atoms with Gasteiger partial charge in [0.25, 0.3) is 5.91 Å². The summed E-state index contributed by atoms with van der Waals surface area (Å²) in [6.45, 7) is 0. The lowest BCUT2D eigenvalue weighted by molar-refractivity contribution is 0.102. The van der Waals surface area contributed by atoms with Crippen LogP contribution in [0.15, 0.2) is 47.1 Å². The zero-order valence-electron chi connectivity index (χ0n) is 10.5. The maximum Gasteiger partial charge on any atom is 0.259 e. The van der Waals surface area contributed by atoms with E-state index < -0.39 is 17.5 Å². The minimum absolute atomic E-state index is 0.0235. The summed E-state index contributed by atoms with van der Waals surface area (Å²) >= 11 is 5.71. The molecule has 0 saturated heterocycles. The van der Waals surface area contributed by atoms with Crippen molar-refractivity contribution >= 4 is 34.2 Å². The Morgan fingerprint density at radius 3 is 2.62 bits per heavy atom. The van der Waals surface area contributed by atoms with E-state index in [0.29, 0.717) is 5.39 Å². The lowest BCUT2D eigenvalue weighted by Gasteiger charge is -2.07. The lowest BCUT2D eigenvalue weighted by Crippen LogP contribution is -2.12. The molecule has 6 heteroatoms. The van der Waals surface area contributed by atoms with Gasteiger partial charge in [0.05, 0.1) is 11.8 Å². The molecule has 0 fully saturated rings. The molecule has 0 unspecified atom stereocenters. The standard InChI is InChI=1S/C15H8ClF2NO2/c16-9-4-11(18)6-12(5-9)19-15(20)13-7-10(17)3-8-1-2-21-14(8)13/h1-7H,(H,19,20). The predicted octanol–water partition coefficient (Wildman–Crippen LogP) is 4.62. The molecule has 2 aromatic carbocycles. The van der Waals surface area contributed by atoms with Crippen LogP contribution in [0, 0.1) is 11.6 Å². The van der Waals surface area contributed by atoms with E-state index in [1.54, 1.807) is 6.07 Å². The van der Waals surface area contributed by atoms with Crippen LogP contribution in [-0.4, -0.2) is 5.91 Å². The van der Waals surface area contributed by atoms with E-state index >= 15 is 0 Å². The number of hydrogen-bond donors (Lipinski definition) is 1. The van der Waals surface area contributed by atoms with Crippen LogP contribution in [0.3, 0.4) is 0 Å². The smallest absolute Gasteiger partial charge is 0.259 e. The number of hydrogen-bond acceptors (Lipinski definition) is 2. The fourth-order valence-corrected chi connectivity index (χ4v) is 2.26. The molecular formula is C15H8ClF2NO2. The van der Waals surface area contributed by atoms with Gasteiger partial charge in [0.2, 0.25) is 0 Å². The van der Waals surface area contributed by atoms with Gasteiger partial charge < -0.3 is 9.73 Å². The van der Waals surface area contributed by atoms with Gasteiger partial charge in [0.1, 0.15) is 17.2 Å². The zero-order valence-corrected chi connectivity index (χ0v) is 11.2. The first kappa shape index (κ1) is 13.6. The molecule has 3 nitrogen and oxygen atoms in total. The molecule has 21 heavy (non-hydrogen) atoms. The van der Waals surface area contributed by atoms with E-state index in [0.717, 1.165) is 18.2 Å². The molecule has 106 valence electrons. The number of benzene rings is 2. The van der Waals surface area contributed by atoms with Crippen molar-refractivity contribution in [2.24, 2.45) is 0 Å². The highest BCUT2D eigenvalue weighted by atomic mass is 35.5. The number of carbonyl (C=O) groups excluding carboxylic acids is 1. The molecule has 1 amide bonds. The molecule has 0 bridgehead atoms. The molecule has 1 N–H and O–H groups in total. The Balaban J connectivity index is 1.99. The summed E-state index contributed by atoms with van der Waals surface area (Å²) in [5.74, 6) is -1.76. The number of amides is 1. The van der Waals surface area contributed by atoms with Gasteiger partial charge >= 0.3 is 0 Å². The van der Waals surface area contributed by atoms with Crippen LogP contribution < -0.4 is 5.32 Å². The van der Waals surface area contributed by atoms with Crippen molar-refractivity contribution in [3.8, 4) is 0 Å². The number of furan rings is 1. The number of carbonyl (C=O) groups is 1. The topological polar surface area (TPSA) is 42.2 Å². The Morgan fingerprint density at radius 2 is 1.86 bits per heavy atom. The molecule has 0 saturated carbocycles. The van der Waals surface area contributed by atoms with E-state index in [4.69, 9.17) is 16.0 Å². The number of fused-ring (bicyclic) bond motifs is 1. The summed E-state index contributed by atoms with van der Waals surface area (Å²) in [5.41, 5.74) is 0.459. The quantitative estimate of drug-likeness (QED) is 0.751. The number of halogens is 3. The first-order chi connectivity index (χ1) is 10.0. The molecular weight excluding hydrogens is 300 g/mol. The summed E-state index contributed by atoms with van der Waals surface area (Å²) in [6.07, 6.45) is 1.36. The van der Waals surface area contributed by atoms with Crippen LogP contribution in [0.4, 0.5) is 14.5 Å². The van der Waals surface area contributed by atoms with Crippen LogP contribution >= 0.6 is 11.6 Å². The van der Waals surface area contributed by atoms with Crippen LogP contribution in [-0.2, 0) is 0 Å². The maximum atomic E-state index is 13.5. The van der Waals surface area contributed by atoms with Crippen molar-refractivity contribution in [3.63, 3.8) is 0 Å². The summed E-state index contributed by atoms with van der Waals surface area (Å²) < 4.78 is 31.9. The van der Waals surface area contributed by atoms with E-state index in [2.05, 4.69) is 5.32 Å². The molecule has 0 spiro atoms. The van der Waals surface area contributed by atoms with Gasteiger partial charge in [-0.15, -0.1) is 0 Å². The molecule has 0 aliphatic rings. The number of nitrogens with one attached hydrogen (secondary N) is 1. The SMILES string of the molecule is O=C(Nc1cc(F)cc(Cl)c1)c1cc(F)cc2ccoc12. The van der Waals surface area contributed by atoms with Crippen molar-refractivity contribution < 1.29 is 18.0 Å². The Morgan fingerprint density at radius 1 is 1.10 bits per heavy atom. The first-order valence-corrected chi connectivity index (χ1v) is 6.35. The second kappa shape index (κ2) is 5.18. The normalized spacial score (nSPS) is 10.8. The highest BCUT2D eigenvalue weighted by Gasteiger charge is 2.15. The molecule has 1 heterocycles. The molecule has 0 aliphatic heterocycles. The first-order valence-electron chi connectivity index (χ1n) is 5.97. The largest absolute Gasteiger partial charge is 0.464 e. The van der Waals surface area contributed by atoms with E-state index in [1.807, 2.05) is 0 Å². The molecule has 0 atom stereocenters. The fourth-order valence-electron chi connectivity index (χ4n) is 2.04. The van der Waals surface area contributed by atoms with Gasteiger partial charge in [-0.3, -0.25) is 4.79 Å². The van der Waals surface area contributed by atoms with E-state index in [1.165, 1.54) is 18.4 Å². The summed E-state index contributed by atoms with van der Waals surface area (Å²) in [7, 11) is 0. The Kier molecular flexibility index (Phi) is 3.35. The third kappa shape index (κ3) is 2.73. The maximum absolute atomic E-state index is 13.5. The van der Waals surface area contributed by atoms with Crippen molar-refractivity contribution in [1.82, 2.24) is 0 Å². The lowest BCUT2D eigenvalue weighted by atomic mass is 10.1. The number of anilines is 1. The van der Waals surface area contributed by atoms with E-state index in [-0.39, 0.29) is 21.9 Å². The van der Waals surface area contributed by atoms with Crippen molar-refractivity contribution in [2.45, 2.75) is 0 Å². The average Bonchev–Trinajstić information content (AvgIpc) is 2.84. The van der Waals surface area contributed by atoms with Crippen LogP contribution in [0.5, 0.6) is 0 Å². The Hall–Kier alpha value is -2.40. The molecule has 1 aromatic heterocycles. The zero-order chi connectivity index (χ0) is 15.0. The Labute approximate surface area is 123 Å². The monoisotopic (exact) mass is 307 g/mol. The van der Waals surface area contributed by atoms with Crippen molar-refractivity contribution in [2.75, 3.05) is 5.32 Å². The molecule has 0 aliphatic carbocycles. The van der Waals surface area contributed by atoms with Gasteiger partial charge in [-0.2, -0.15) is 0 Å². The number of rotatable bonds is 2.